The van der Waals surface area contributed by atoms with Gasteiger partial charge in [-0.1, -0.05) is 12.1 Å². The van der Waals surface area contributed by atoms with Crippen molar-refractivity contribution >= 4 is 23.6 Å². The fourth-order valence-corrected chi connectivity index (χ4v) is 3.59. The minimum Gasteiger partial charge on any atom is -0.497 e. The van der Waals surface area contributed by atoms with Crippen molar-refractivity contribution in [2.45, 2.75) is 6.54 Å². The van der Waals surface area contributed by atoms with E-state index in [1.54, 1.807) is 35.1 Å². The summed E-state index contributed by atoms with van der Waals surface area (Å²) in [5.41, 5.74) is 1.73. The Morgan fingerprint density at radius 3 is 2.91 bits per heavy atom. The van der Waals surface area contributed by atoms with E-state index in [9.17, 15) is 9.59 Å². The lowest BCUT2D eigenvalue weighted by atomic mass is 10.2. The minimum atomic E-state index is -0.434. The molecule has 0 unspecified atom stereocenters. The first-order valence-electron chi connectivity index (χ1n) is 9.96. The summed E-state index contributed by atoms with van der Waals surface area (Å²) >= 11 is 0. The van der Waals surface area contributed by atoms with Gasteiger partial charge in [0.2, 0.25) is 6.79 Å². The maximum Gasteiger partial charge on any atom is 0.348 e. The van der Waals surface area contributed by atoms with E-state index in [0.29, 0.717) is 42.6 Å². The van der Waals surface area contributed by atoms with E-state index in [4.69, 9.17) is 18.9 Å². The van der Waals surface area contributed by atoms with Crippen LogP contribution in [0.25, 0.3) is 0 Å². The molecule has 10 heteroatoms. The van der Waals surface area contributed by atoms with Crippen LogP contribution in [0.5, 0.6) is 17.2 Å². The fourth-order valence-electron chi connectivity index (χ4n) is 3.59. The molecule has 3 heterocycles. The zero-order valence-corrected chi connectivity index (χ0v) is 17.2. The highest BCUT2D eigenvalue weighted by Gasteiger charge is 2.34. The molecular weight excluding hydrogens is 416 g/mol. The highest BCUT2D eigenvalue weighted by molar-refractivity contribution is 6.08. The van der Waals surface area contributed by atoms with Gasteiger partial charge in [-0.25, -0.2) is 4.79 Å². The Labute approximate surface area is 183 Å². The molecule has 10 nitrogen and oxygen atoms in total. The normalized spacial score (nSPS) is 16.6. The lowest BCUT2D eigenvalue weighted by Crippen LogP contribution is -2.36. The van der Waals surface area contributed by atoms with Crippen LogP contribution in [0.15, 0.2) is 59.4 Å². The highest BCUT2D eigenvalue weighted by atomic mass is 16.7. The van der Waals surface area contributed by atoms with Crippen molar-refractivity contribution in [2.24, 2.45) is 4.99 Å². The van der Waals surface area contributed by atoms with Crippen LogP contribution in [0.2, 0.25) is 0 Å². The maximum atomic E-state index is 12.9. The molecule has 1 N–H and O–H groups in total. The monoisotopic (exact) mass is 436 g/mol. The number of ether oxygens (including phenoxy) is 4. The van der Waals surface area contributed by atoms with Gasteiger partial charge in [0.15, 0.2) is 11.5 Å². The predicted octanol–water partition coefficient (Wildman–Crippen LogP) is 2.53. The second kappa shape index (κ2) is 8.14. The van der Waals surface area contributed by atoms with Crippen molar-refractivity contribution in [3.63, 3.8) is 0 Å². The van der Waals surface area contributed by atoms with Gasteiger partial charge in [-0.3, -0.25) is 9.69 Å². The van der Waals surface area contributed by atoms with E-state index >= 15 is 0 Å². The van der Waals surface area contributed by atoms with Crippen molar-refractivity contribution < 1.29 is 28.5 Å². The van der Waals surface area contributed by atoms with Crippen molar-refractivity contribution in [2.75, 3.05) is 32.3 Å². The van der Waals surface area contributed by atoms with E-state index in [0.717, 1.165) is 5.56 Å². The molecule has 0 radical (unpaired) electrons. The van der Waals surface area contributed by atoms with Gasteiger partial charge in [0.25, 0.3) is 5.91 Å². The average molecular weight is 436 g/mol. The number of anilines is 1. The summed E-state index contributed by atoms with van der Waals surface area (Å²) in [5.74, 6) is 1.52. The van der Waals surface area contributed by atoms with Gasteiger partial charge >= 0.3 is 12.1 Å². The third-order valence-corrected chi connectivity index (χ3v) is 5.22. The second-order valence-electron chi connectivity index (χ2n) is 7.24. The molecule has 164 valence electrons. The van der Waals surface area contributed by atoms with Gasteiger partial charge in [-0.15, -0.1) is 4.99 Å². The molecule has 3 aliphatic heterocycles. The predicted molar refractivity (Wildman–Crippen MR) is 113 cm³/mol. The summed E-state index contributed by atoms with van der Waals surface area (Å²) in [6, 6.07) is 12.3. The van der Waals surface area contributed by atoms with Crippen molar-refractivity contribution in [1.82, 2.24) is 9.80 Å². The Morgan fingerprint density at radius 2 is 2.03 bits per heavy atom. The fraction of sp³-hybridized carbons (Fsp3) is 0.227. The first-order chi connectivity index (χ1) is 15.6. The molecule has 0 fully saturated rings. The van der Waals surface area contributed by atoms with Gasteiger partial charge in [0.05, 0.1) is 7.11 Å². The highest BCUT2D eigenvalue weighted by Crippen LogP contribution is 2.34. The Kier molecular flexibility index (Phi) is 5.02. The summed E-state index contributed by atoms with van der Waals surface area (Å²) < 4.78 is 21.3. The molecule has 0 aromatic heterocycles. The topological polar surface area (TPSA) is 102 Å². The van der Waals surface area contributed by atoms with Crippen LogP contribution < -0.4 is 19.5 Å². The number of nitrogens with one attached hydrogen (secondary N) is 1. The van der Waals surface area contributed by atoms with Crippen molar-refractivity contribution in [1.29, 1.82) is 0 Å². The van der Waals surface area contributed by atoms with Crippen LogP contribution in [-0.2, 0) is 16.1 Å². The molecule has 0 spiro atoms. The molecule has 0 atom stereocenters. The lowest BCUT2D eigenvalue weighted by molar-refractivity contribution is -0.113. The number of nitrogens with zero attached hydrogens (tertiary/aromatic N) is 3. The largest absolute Gasteiger partial charge is 0.497 e. The zero-order chi connectivity index (χ0) is 22.1. The summed E-state index contributed by atoms with van der Waals surface area (Å²) in [5, 5.41) is 2.81. The van der Waals surface area contributed by atoms with E-state index in [2.05, 4.69) is 10.3 Å². The average Bonchev–Trinajstić information content (AvgIpc) is 3.39. The summed E-state index contributed by atoms with van der Waals surface area (Å²) in [6.07, 6.45) is 1.30. The van der Waals surface area contributed by atoms with E-state index < -0.39 is 6.03 Å². The summed E-state index contributed by atoms with van der Waals surface area (Å²) in [4.78, 5) is 32.7. The molecule has 0 aliphatic carbocycles. The number of methoxy groups -OCH3 is 1. The first kappa shape index (κ1) is 19.7. The molecule has 2 aromatic rings. The van der Waals surface area contributed by atoms with Crippen molar-refractivity contribution in [3.8, 4) is 17.2 Å². The molecule has 0 saturated carbocycles. The second-order valence-corrected chi connectivity index (χ2v) is 7.24. The summed E-state index contributed by atoms with van der Waals surface area (Å²) in [6.45, 7) is 1.23. The summed E-state index contributed by atoms with van der Waals surface area (Å²) in [7, 11) is 1.59. The van der Waals surface area contributed by atoms with Gasteiger partial charge in [0, 0.05) is 31.4 Å². The van der Waals surface area contributed by atoms with Crippen LogP contribution in [0.4, 0.5) is 10.5 Å². The number of rotatable bonds is 5. The number of hydrogen-bond donors (Lipinski definition) is 1. The standard InChI is InChI=1S/C22H20N4O6/c1-29-16-4-2-3-14(9-16)11-25-7-8-26-17(12-30-22(26)24-21(25)28)20(27)23-15-5-6-18-19(10-15)32-13-31-18/h2-6,9-10,12H,7-8,11,13H2,1H3,(H,23,27). The third kappa shape index (κ3) is 3.78. The number of fused-ring (bicyclic) bond motifs is 2. The molecule has 0 bridgehead atoms. The number of urea groups is 1. The number of aliphatic imine (C=N–C) groups is 1. The molecule has 2 aromatic carbocycles. The third-order valence-electron chi connectivity index (χ3n) is 5.22. The van der Waals surface area contributed by atoms with Crippen LogP contribution in [0, 0.1) is 0 Å². The number of benzene rings is 2. The molecule has 32 heavy (non-hydrogen) atoms. The van der Waals surface area contributed by atoms with Crippen LogP contribution in [0.3, 0.4) is 0 Å². The first-order valence-corrected chi connectivity index (χ1v) is 9.96. The Hall–Kier alpha value is -4.21. The molecule has 0 saturated heterocycles. The van der Waals surface area contributed by atoms with Crippen LogP contribution >= 0.6 is 0 Å². The van der Waals surface area contributed by atoms with Crippen molar-refractivity contribution in [3.05, 3.63) is 60.0 Å². The quantitative estimate of drug-likeness (QED) is 0.768. The number of amides is 3. The molecular formula is C22H20N4O6. The van der Waals surface area contributed by atoms with Gasteiger partial charge in [0.1, 0.15) is 17.7 Å². The Bertz CT molecular complexity index is 1140. The zero-order valence-electron chi connectivity index (χ0n) is 17.2. The van der Waals surface area contributed by atoms with Crippen LogP contribution in [-0.4, -0.2) is 54.8 Å². The minimum absolute atomic E-state index is 0.0824. The van der Waals surface area contributed by atoms with E-state index in [1.165, 1.54) is 6.26 Å². The molecule has 3 aliphatic rings. The van der Waals surface area contributed by atoms with Gasteiger partial charge < -0.3 is 29.2 Å². The Morgan fingerprint density at radius 1 is 1.16 bits per heavy atom. The SMILES string of the molecule is COc1cccc(CN2CCN3C(C(=O)Nc4ccc5c(c4)OCO5)=COC3=NC2=O)c1. The van der Waals surface area contributed by atoms with Gasteiger partial charge in [-0.05, 0) is 29.8 Å². The Balaban J connectivity index is 1.27. The van der Waals surface area contributed by atoms with E-state index in [-0.39, 0.29) is 24.4 Å². The molecule has 5 rings (SSSR count). The smallest absolute Gasteiger partial charge is 0.348 e. The number of hydrogen-bond acceptors (Lipinski definition) is 7. The number of carbonyl (C=O) groups is 2. The lowest BCUT2D eigenvalue weighted by Gasteiger charge is -2.21. The van der Waals surface area contributed by atoms with Gasteiger partial charge in [-0.2, -0.15) is 0 Å². The molecule has 3 amide bonds. The number of amidine groups is 1. The maximum absolute atomic E-state index is 12.9. The van der Waals surface area contributed by atoms with E-state index in [1.807, 2.05) is 24.3 Å². The van der Waals surface area contributed by atoms with Crippen LogP contribution in [0.1, 0.15) is 5.56 Å². The number of carbonyl (C=O) groups excluding carboxylic acids is 2.